The van der Waals surface area contributed by atoms with Crippen molar-refractivity contribution in [3.05, 3.63) is 69.0 Å². The molecule has 0 fully saturated rings. The second-order valence-electron chi connectivity index (χ2n) is 6.72. The summed E-state index contributed by atoms with van der Waals surface area (Å²) in [6.07, 6.45) is 1.34. The average Bonchev–Trinajstić information content (AvgIpc) is 3.37. The zero-order valence-electron chi connectivity index (χ0n) is 16.1. The number of hydrogen-bond donors (Lipinski definition) is 1. The summed E-state index contributed by atoms with van der Waals surface area (Å²) in [6.45, 7) is -0.0563. The van der Waals surface area contributed by atoms with Crippen molar-refractivity contribution in [2.75, 3.05) is 0 Å². The van der Waals surface area contributed by atoms with E-state index in [2.05, 4.69) is 15.5 Å². The average molecular weight is 412 g/mol. The molecular weight excluding hydrogens is 395 g/mol. The van der Waals surface area contributed by atoms with Crippen LogP contribution >= 0.6 is 0 Å². The van der Waals surface area contributed by atoms with E-state index in [-0.39, 0.29) is 36.0 Å². The van der Waals surface area contributed by atoms with Gasteiger partial charge in [-0.2, -0.15) is 0 Å². The van der Waals surface area contributed by atoms with E-state index >= 15 is 0 Å². The minimum absolute atomic E-state index is 0.104. The molecule has 30 heavy (non-hydrogen) atoms. The Labute approximate surface area is 168 Å². The predicted octanol–water partition coefficient (Wildman–Crippen LogP) is 0.544. The van der Waals surface area contributed by atoms with Gasteiger partial charge in [0.15, 0.2) is 16.9 Å². The number of aromatic nitrogens is 5. The van der Waals surface area contributed by atoms with Crippen molar-refractivity contribution in [1.29, 1.82) is 0 Å². The predicted molar refractivity (Wildman–Crippen MR) is 104 cm³/mol. The number of imidazole rings is 1. The molecule has 0 bridgehead atoms. The fourth-order valence-corrected chi connectivity index (χ4v) is 3.06. The summed E-state index contributed by atoms with van der Waals surface area (Å²) in [7, 11) is 2.87. The van der Waals surface area contributed by atoms with Crippen LogP contribution in [0.15, 0.2) is 50.8 Å². The number of nitrogens with one attached hydrogen (secondary N) is 1. The molecule has 0 radical (unpaired) electrons. The van der Waals surface area contributed by atoms with Crippen molar-refractivity contribution in [2.24, 2.45) is 14.1 Å². The molecule has 4 aromatic rings. The molecule has 10 nitrogen and oxygen atoms in total. The number of nitrogens with zero attached hydrogens (tertiary/aromatic N) is 5. The number of aryl methyl sites for hydroxylation is 1. The molecular formula is C19H17FN6O4. The molecule has 0 saturated carbocycles. The molecule has 1 aromatic carbocycles. The van der Waals surface area contributed by atoms with E-state index in [1.54, 1.807) is 18.2 Å². The second-order valence-corrected chi connectivity index (χ2v) is 6.72. The van der Waals surface area contributed by atoms with Crippen molar-refractivity contribution in [1.82, 2.24) is 29.2 Å². The maximum atomic E-state index is 13.0. The van der Waals surface area contributed by atoms with Crippen LogP contribution in [0.3, 0.4) is 0 Å². The Kier molecular flexibility index (Phi) is 4.78. The van der Waals surface area contributed by atoms with Crippen LogP contribution in [0.2, 0.25) is 0 Å². The van der Waals surface area contributed by atoms with Crippen molar-refractivity contribution >= 4 is 17.1 Å². The number of carbonyl (C=O) groups is 1. The van der Waals surface area contributed by atoms with Crippen molar-refractivity contribution in [3.63, 3.8) is 0 Å². The molecule has 0 aliphatic rings. The molecule has 0 aliphatic carbocycles. The first-order valence-electron chi connectivity index (χ1n) is 8.94. The molecule has 0 spiro atoms. The Hall–Kier alpha value is -4.02. The molecule has 1 amide bonds. The zero-order chi connectivity index (χ0) is 21.4. The minimum Gasteiger partial charge on any atom is -0.356 e. The first-order chi connectivity index (χ1) is 14.3. The Bertz CT molecular complexity index is 1360. The molecule has 154 valence electrons. The summed E-state index contributed by atoms with van der Waals surface area (Å²) in [5, 5.41) is 6.58. The Morgan fingerprint density at radius 1 is 1.17 bits per heavy atom. The van der Waals surface area contributed by atoms with Gasteiger partial charge in [0.25, 0.3) is 5.56 Å². The molecule has 0 saturated heterocycles. The number of carbonyl (C=O) groups excluding carboxylic acids is 1. The van der Waals surface area contributed by atoms with Crippen LogP contribution in [0, 0.1) is 5.82 Å². The SMILES string of the molecule is Cn1c(=O)c2c(ncn2CC(=O)NCc2cc(-c3ccc(F)cc3)on2)n(C)c1=O. The van der Waals surface area contributed by atoms with Gasteiger partial charge in [-0.3, -0.25) is 18.7 Å². The highest BCUT2D eigenvalue weighted by atomic mass is 19.1. The van der Waals surface area contributed by atoms with E-state index < -0.39 is 11.2 Å². The molecule has 0 atom stereocenters. The summed E-state index contributed by atoms with van der Waals surface area (Å²) in [4.78, 5) is 40.8. The van der Waals surface area contributed by atoms with Gasteiger partial charge in [-0.1, -0.05) is 5.16 Å². The van der Waals surface area contributed by atoms with E-state index in [0.29, 0.717) is 17.0 Å². The van der Waals surface area contributed by atoms with Crippen LogP contribution in [0.25, 0.3) is 22.5 Å². The van der Waals surface area contributed by atoms with Crippen molar-refractivity contribution < 1.29 is 13.7 Å². The summed E-state index contributed by atoms with van der Waals surface area (Å²) in [6, 6.07) is 7.40. The Balaban J connectivity index is 1.47. The highest BCUT2D eigenvalue weighted by Crippen LogP contribution is 2.20. The number of hydrogen-bond acceptors (Lipinski definition) is 6. The Morgan fingerprint density at radius 3 is 2.63 bits per heavy atom. The van der Waals surface area contributed by atoms with Gasteiger partial charge in [0, 0.05) is 25.7 Å². The molecule has 0 aliphatic heterocycles. The smallest absolute Gasteiger partial charge is 0.332 e. The van der Waals surface area contributed by atoms with Crippen LogP contribution in [-0.2, 0) is 32.0 Å². The highest BCUT2D eigenvalue weighted by Gasteiger charge is 2.16. The number of amides is 1. The van der Waals surface area contributed by atoms with Gasteiger partial charge >= 0.3 is 5.69 Å². The van der Waals surface area contributed by atoms with Crippen molar-refractivity contribution in [3.8, 4) is 11.3 Å². The van der Waals surface area contributed by atoms with E-state index in [4.69, 9.17) is 4.52 Å². The summed E-state index contributed by atoms with van der Waals surface area (Å²) < 4.78 is 21.8. The third-order valence-electron chi connectivity index (χ3n) is 4.69. The van der Waals surface area contributed by atoms with E-state index in [1.165, 1.54) is 41.7 Å². The molecule has 11 heteroatoms. The van der Waals surface area contributed by atoms with E-state index in [9.17, 15) is 18.8 Å². The minimum atomic E-state index is -0.529. The van der Waals surface area contributed by atoms with Gasteiger partial charge in [0.1, 0.15) is 18.1 Å². The molecule has 0 unspecified atom stereocenters. The largest absolute Gasteiger partial charge is 0.356 e. The van der Waals surface area contributed by atoms with Gasteiger partial charge in [-0.05, 0) is 24.3 Å². The maximum Gasteiger partial charge on any atom is 0.332 e. The Morgan fingerprint density at radius 2 is 1.90 bits per heavy atom. The lowest BCUT2D eigenvalue weighted by Gasteiger charge is -2.07. The molecule has 3 heterocycles. The maximum absolute atomic E-state index is 13.0. The van der Waals surface area contributed by atoms with Crippen LogP contribution in [0.5, 0.6) is 0 Å². The van der Waals surface area contributed by atoms with Gasteiger partial charge in [0.2, 0.25) is 5.91 Å². The molecule has 1 N–H and O–H groups in total. The molecule has 4 rings (SSSR count). The normalized spacial score (nSPS) is 11.2. The zero-order valence-corrected chi connectivity index (χ0v) is 16.1. The van der Waals surface area contributed by atoms with Crippen LogP contribution in [0.4, 0.5) is 4.39 Å². The number of halogens is 1. The summed E-state index contributed by atoms with van der Waals surface area (Å²) >= 11 is 0. The van der Waals surface area contributed by atoms with Gasteiger partial charge in [-0.25, -0.2) is 14.2 Å². The van der Waals surface area contributed by atoms with E-state index in [0.717, 1.165) is 4.57 Å². The third-order valence-corrected chi connectivity index (χ3v) is 4.69. The third kappa shape index (κ3) is 3.41. The van der Waals surface area contributed by atoms with Gasteiger partial charge < -0.3 is 14.4 Å². The lowest BCUT2D eigenvalue weighted by Crippen LogP contribution is -2.38. The fraction of sp³-hybridized carbons (Fsp3) is 0.211. The first kappa shape index (κ1) is 19.3. The monoisotopic (exact) mass is 412 g/mol. The van der Waals surface area contributed by atoms with Crippen LogP contribution < -0.4 is 16.6 Å². The van der Waals surface area contributed by atoms with Gasteiger partial charge in [-0.15, -0.1) is 0 Å². The topological polar surface area (TPSA) is 117 Å². The second kappa shape index (κ2) is 7.43. The first-order valence-corrected chi connectivity index (χ1v) is 8.94. The number of fused-ring (bicyclic) bond motifs is 1. The summed E-state index contributed by atoms with van der Waals surface area (Å²) in [5.41, 5.74) is 0.486. The number of benzene rings is 1. The lowest BCUT2D eigenvalue weighted by atomic mass is 10.1. The quantitative estimate of drug-likeness (QED) is 0.512. The van der Waals surface area contributed by atoms with E-state index in [1.807, 2.05) is 0 Å². The van der Waals surface area contributed by atoms with Crippen LogP contribution in [0.1, 0.15) is 5.69 Å². The van der Waals surface area contributed by atoms with Crippen molar-refractivity contribution in [2.45, 2.75) is 13.1 Å². The fourth-order valence-electron chi connectivity index (χ4n) is 3.06. The highest BCUT2D eigenvalue weighted by molar-refractivity contribution is 5.78. The summed E-state index contributed by atoms with van der Waals surface area (Å²) in [5.74, 6) is -0.284. The lowest BCUT2D eigenvalue weighted by molar-refractivity contribution is -0.121. The van der Waals surface area contributed by atoms with Crippen LogP contribution in [-0.4, -0.2) is 29.7 Å². The van der Waals surface area contributed by atoms with Gasteiger partial charge in [0.05, 0.1) is 12.9 Å². The molecule has 3 aromatic heterocycles. The number of rotatable bonds is 5. The standard InChI is InChI=1S/C19H17FN6O4/c1-24-17-16(18(28)25(2)19(24)29)26(10-22-17)9-15(27)21-8-13-7-14(30-23-13)11-3-5-12(20)6-4-11/h3-7,10H,8-9H2,1-2H3,(H,21,27).